The average Bonchev–Trinajstić information content (AvgIpc) is 3.28. The lowest BCUT2D eigenvalue weighted by molar-refractivity contribution is 0.151. The van der Waals surface area contributed by atoms with Gasteiger partial charge in [-0.1, -0.05) is 35.3 Å². The molecule has 2 fully saturated rings. The van der Waals surface area contributed by atoms with Gasteiger partial charge in [-0.25, -0.2) is 0 Å². The standard InChI is InChI=1S/C20H26ClN5O/c1-2-22-19(26-12-10-20(14-26)8-4-9-20)23-11-7-17-24-18(25-27-17)15-5-3-6-16(21)13-15/h3,5-6,13H,2,4,7-12,14H2,1H3,(H,22,23). The number of benzene rings is 1. The van der Waals surface area contributed by atoms with Crippen molar-refractivity contribution in [1.29, 1.82) is 0 Å². The molecule has 4 rings (SSSR count). The smallest absolute Gasteiger partial charge is 0.228 e. The van der Waals surface area contributed by atoms with Crippen LogP contribution in [0, 0.1) is 5.41 Å². The van der Waals surface area contributed by atoms with Crippen molar-refractivity contribution in [3.8, 4) is 11.4 Å². The van der Waals surface area contributed by atoms with Crippen molar-refractivity contribution in [2.45, 2.75) is 39.0 Å². The number of hydrogen-bond acceptors (Lipinski definition) is 4. The third kappa shape index (κ3) is 4.10. The van der Waals surface area contributed by atoms with E-state index in [1.807, 2.05) is 24.3 Å². The Morgan fingerprint density at radius 1 is 1.37 bits per heavy atom. The van der Waals surface area contributed by atoms with Crippen LogP contribution >= 0.6 is 11.6 Å². The first kappa shape index (κ1) is 18.3. The normalized spacial score (nSPS) is 18.7. The number of hydrogen-bond donors (Lipinski definition) is 1. The number of rotatable bonds is 5. The van der Waals surface area contributed by atoms with Gasteiger partial charge >= 0.3 is 0 Å². The molecule has 0 atom stereocenters. The zero-order valence-electron chi connectivity index (χ0n) is 15.7. The summed E-state index contributed by atoms with van der Waals surface area (Å²) in [6, 6.07) is 7.47. The molecule has 2 heterocycles. The van der Waals surface area contributed by atoms with Crippen LogP contribution < -0.4 is 5.32 Å². The molecule has 1 aliphatic carbocycles. The van der Waals surface area contributed by atoms with E-state index >= 15 is 0 Å². The van der Waals surface area contributed by atoms with Crippen LogP contribution in [0.3, 0.4) is 0 Å². The molecule has 0 amide bonds. The number of guanidine groups is 1. The second kappa shape index (κ2) is 7.89. The van der Waals surface area contributed by atoms with E-state index in [2.05, 4.69) is 27.3 Å². The third-order valence-corrected chi connectivity index (χ3v) is 5.86. The van der Waals surface area contributed by atoms with Crippen LogP contribution in [0.1, 0.15) is 38.5 Å². The van der Waals surface area contributed by atoms with E-state index in [4.69, 9.17) is 21.1 Å². The zero-order valence-corrected chi connectivity index (χ0v) is 16.5. The van der Waals surface area contributed by atoms with E-state index in [9.17, 15) is 0 Å². The van der Waals surface area contributed by atoms with Gasteiger partial charge in [0.1, 0.15) is 0 Å². The van der Waals surface area contributed by atoms with Gasteiger partial charge < -0.3 is 14.7 Å². The third-order valence-electron chi connectivity index (χ3n) is 5.63. The fourth-order valence-electron chi connectivity index (χ4n) is 3.99. The fraction of sp³-hybridized carbons (Fsp3) is 0.550. The molecule has 2 aromatic rings. The van der Waals surface area contributed by atoms with Crippen molar-refractivity contribution in [2.24, 2.45) is 10.4 Å². The second-order valence-corrected chi connectivity index (χ2v) is 7.97. The van der Waals surface area contributed by atoms with Crippen molar-refractivity contribution in [3.05, 3.63) is 35.2 Å². The summed E-state index contributed by atoms with van der Waals surface area (Å²) in [5, 5.41) is 8.15. The highest BCUT2D eigenvalue weighted by Gasteiger charge is 2.43. The molecule has 1 saturated carbocycles. The number of nitrogens with one attached hydrogen (secondary N) is 1. The maximum absolute atomic E-state index is 6.03. The van der Waals surface area contributed by atoms with Gasteiger partial charge in [0.2, 0.25) is 11.7 Å². The van der Waals surface area contributed by atoms with Gasteiger partial charge in [-0.3, -0.25) is 4.99 Å². The molecule has 1 N–H and O–H groups in total. The van der Waals surface area contributed by atoms with Gasteiger partial charge in [-0.2, -0.15) is 4.98 Å². The summed E-state index contributed by atoms with van der Waals surface area (Å²) >= 11 is 6.03. The summed E-state index contributed by atoms with van der Waals surface area (Å²) in [5.74, 6) is 2.17. The van der Waals surface area contributed by atoms with Crippen LogP contribution in [0.5, 0.6) is 0 Å². The van der Waals surface area contributed by atoms with Crippen LogP contribution in [-0.2, 0) is 6.42 Å². The van der Waals surface area contributed by atoms with Crippen LogP contribution in [0.2, 0.25) is 5.02 Å². The Balaban J connectivity index is 1.37. The van der Waals surface area contributed by atoms with Crippen LogP contribution in [0.15, 0.2) is 33.8 Å². The summed E-state index contributed by atoms with van der Waals surface area (Å²) in [6.07, 6.45) is 6.05. The summed E-state index contributed by atoms with van der Waals surface area (Å²) < 4.78 is 5.38. The SMILES string of the molecule is CCNC(=NCCc1nc(-c2cccc(Cl)c2)no1)N1CCC2(CCC2)C1. The molecule has 144 valence electrons. The molecular formula is C20H26ClN5O. The van der Waals surface area contributed by atoms with Crippen molar-refractivity contribution >= 4 is 17.6 Å². The van der Waals surface area contributed by atoms with Gasteiger partial charge in [0, 0.05) is 36.6 Å². The predicted octanol–water partition coefficient (Wildman–Crippen LogP) is 3.77. The van der Waals surface area contributed by atoms with Crippen molar-refractivity contribution in [3.63, 3.8) is 0 Å². The highest BCUT2D eigenvalue weighted by molar-refractivity contribution is 6.30. The molecule has 1 spiro atoms. The predicted molar refractivity (Wildman–Crippen MR) is 107 cm³/mol. The Hall–Kier alpha value is -2.08. The first-order chi connectivity index (χ1) is 13.2. The lowest BCUT2D eigenvalue weighted by Gasteiger charge is -2.38. The van der Waals surface area contributed by atoms with Crippen LogP contribution in [0.4, 0.5) is 0 Å². The summed E-state index contributed by atoms with van der Waals surface area (Å²) in [7, 11) is 0. The molecule has 0 radical (unpaired) electrons. The second-order valence-electron chi connectivity index (χ2n) is 7.53. The van der Waals surface area contributed by atoms with Gasteiger partial charge in [-0.15, -0.1) is 0 Å². The van der Waals surface area contributed by atoms with E-state index in [1.165, 1.54) is 25.7 Å². The van der Waals surface area contributed by atoms with Crippen molar-refractivity contribution in [2.75, 3.05) is 26.2 Å². The Morgan fingerprint density at radius 2 is 2.26 bits per heavy atom. The Labute approximate surface area is 165 Å². The Kier molecular flexibility index (Phi) is 5.34. The summed E-state index contributed by atoms with van der Waals surface area (Å²) in [4.78, 5) is 11.7. The zero-order chi connectivity index (χ0) is 18.7. The lowest BCUT2D eigenvalue weighted by Crippen LogP contribution is -2.42. The average molecular weight is 388 g/mol. The van der Waals surface area contributed by atoms with Gasteiger partial charge in [0.25, 0.3) is 0 Å². The highest BCUT2D eigenvalue weighted by Crippen LogP contribution is 2.47. The van der Waals surface area contributed by atoms with Crippen LogP contribution in [-0.4, -0.2) is 47.2 Å². The molecule has 1 aliphatic heterocycles. The van der Waals surface area contributed by atoms with Crippen molar-refractivity contribution in [1.82, 2.24) is 20.4 Å². The molecule has 27 heavy (non-hydrogen) atoms. The molecule has 7 heteroatoms. The first-order valence-corrected chi connectivity index (χ1v) is 10.2. The molecule has 1 aromatic carbocycles. The van der Waals surface area contributed by atoms with Crippen molar-refractivity contribution < 1.29 is 4.52 Å². The minimum absolute atomic E-state index is 0.564. The van der Waals surface area contributed by atoms with E-state index in [1.54, 1.807) is 0 Å². The van der Waals surface area contributed by atoms with Gasteiger partial charge in [-0.05, 0) is 43.7 Å². The molecule has 0 bridgehead atoms. The van der Waals surface area contributed by atoms with E-state index in [0.717, 1.165) is 31.2 Å². The largest absolute Gasteiger partial charge is 0.357 e. The van der Waals surface area contributed by atoms with Gasteiger partial charge in [0.05, 0.1) is 6.54 Å². The molecule has 1 saturated heterocycles. The molecule has 6 nitrogen and oxygen atoms in total. The minimum Gasteiger partial charge on any atom is -0.357 e. The Morgan fingerprint density at radius 3 is 2.96 bits per heavy atom. The number of aliphatic imine (C=N–C) groups is 1. The molecule has 1 aromatic heterocycles. The summed E-state index contributed by atoms with van der Waals surface area (Å²) in [5.41, 5.74) is 1.42. The minimum atomic E-state index is 0.564. The molecule has 0 unspecified atom stereocenters. The molecular weight excluding hydrogens is 362 g/mol. The summed E-state index contributed by atoms with van der Waals surface area (Å²) in [6.45, 7) is 5.86. The highest BCUT2D eigenvalue weighted by atomic mass is 35.5. The lowest BCUT2D eigenvalue weighted by atomic mass is 9.68. The number of likely N-dealkylation sites (tertiary alicyclic amines) is 1. The quantitative estimate of drug-likeness (QED) is 0.624. The maximum atomic E-state index is 6.03. The maximum Gasteiger partial charge on any atom is 0.228 e. The monoisotopic (exact) mass is 387 g/mol. The van der Waals surface area contributed by atoms with Crippen LogP contribution in [0.25, 0.3) is 11.4 Å². The topological polar surface area (TPSA) is 66.5 Å². The van der Waals surface area contributed by atoms with Gasteiger partial charge in [0.15, 0.2) is 5.96 Å². The fourth-order valence-corrected chi connectivity index (χ4v) is 4.18. The number of nitrogens with zero attached hydrogens (tertiary/aromatic N) is 4. The van der Waals surface area contributed by atoms with E-state index in [-0.39, 0.29) is 0 Å². The molecule has 2 aliphatic rings. The van der Waals surface area contributed by atoms with E-state index in [0.29, 0.717) is 35.1 Å². The van der Waals surface area contributed by atoms with E-state index < -0.39 is 0 Å². The Bertz CT molecular complexity index is 814. The first-order valence-electron chi connectivity index (χ1n) is 9.79. The number of aromatic nitrogens is 2. The number of halogens is 1.